The number of nitrogens with one attached hydrogen (secondary N) is 1. The minimum absolute atomic E-state index is 0.122. The van der Waals surface area contributed by atoms with Gasteiger partial charge < -0.3 is 24.4 Å². The molecular weight excluding hydrogens is 408 g/mol. The Morgan fingerprint density at radius 1 is 1.06 bits per heavy atom. The van der Waals surface area contributed by atoms with E-state index in [4.69, 9.17) is 9.26 Å². The lowest BCUT2D eigenvalue weighted by molar-refractivity contribution is -0.129. The standard InChI is InChI=1S/C24H26N4O4/c1-27(17-19-9-5-6-10-21(19)28-11-13-31-14-12-28)23(29)16-25-24(30)20-15-22(32-26-20)18-7-3-2-4-8-18/h2-10,15H,11-14,16-17H2,1H3,(H,25,30). The van der Waals surface area contributed by atoms with Crippen molar-refractivity contribution in [3.63, 3.8) is 0 Å². The number of likely N-dealkylation sites (N-methyl/N-ethyl adjacent to an activating group) is 1. The maximum atomic E-state index is 12.6. The molecule has 1 aliphatic heterocycles. The van der Waals surface area contributed by atoms with E-state index in [2.05, 4.69) is 21.4 Å². The monoisotopic (exact) mass is 434 g/mol. The van der Waals surface area contributed by atoms with Crippen LogP contribution >= 0.6 is 0 Å². The molecule has 0 radical (unpaired) electrons. The second-order valence-electron chi connectivity index (χ2n) is 7.60. The molecule has 3 aromatic rings. The summed E-state index contributed by atoms with van der Waals surface area (Å²) in [4.78, 5) is 28.9. The Labute approximate surface area is 186 Å². The van der Waals surface area contributed by atoms with Gasteiger partial charge in [0.05, 0.1) is 19.8 Å². The third-order valence-corrected chi connectivity index (χ3v) is 5.38. The lowest BCUT2D eigenvalue weighted by Gasteiger charge is -2.31. The molecule has 1 N–H and O–H groups in total. The van der Waals surface area contributed by atoms with Crippen LogP contribution in [0.5, 0.6) is 0 Å². The van der Waals surface area contributed by atoms with E-state index in [1.807, 2.05) is 48.5 Å². The first-order valence-electron chi connectivity index (χ1n) is 10.6. The van der Waals surface area contributed by atoms with Crippen LogP contribution in [0.15, 0.2) is 65.2 Å². The van der Waals surface area contributed by atoms with Crippen LogP contribution in [0, 0.1) is 0 Å². The molecule has 0 unspecified atom stereocenters. The normalized spacial score (nSPS) is 13.6. The van der Waals surface area contributed by atoms with E-state index in [9.17, 15) is 9.59 Å². The molecule has 2 heterocycles. The van der Waals surface area contributed by atoms with E-state index in [0.717, 1.165) is 29.9 Å². The van der Waals surface area contributed by atoms with Gasteiger partial charge in [0, 0.05) is 44.0 Å². The number of morpholine rings is 1. The van der Waals surface area contributed by atoms with Gasteiger partial charge in [-0.1, -0.05) is 53.7 Å². The average molecular weight is 434 g/mol. The molecule has 0 saturated carbocycles. The summed E-state index contributed by atoms with van der Waals surface area (Å²) in [6.45, 7) is 3.38. The third-order valence-electron chi connectivity index (χ3n) is 5.38. The molecule has 0 bridgehead atoms. The van der Waals surface area contributed by atoms with E-state index in [-0.39, 0.29) is 18.1 Å². The number of carbonyl (C=O) groups excluding carboxylic acids is 2. The predicted molar refractivity (Wildman–Crippen MR) is 120 cm³/mol. The van der Waals surface area contributed by atoms with Crippen LogP contribution in [0.4, 0.5) is 5.69 Å². The third kappa shape index (κ3) is 5.15. The minimum Gasteiger partial charge on any atom is -0.378 e. The van der Waals surface area contributed by atoms with Crippen LogP contribution in [0.3, 0.4) is 0 Å². The van der Waals surface area contributed by atoms with E-state index < -0.39 is 5.91 Å². The molecule has 0 spiro atoms. The zero-order chi connectivity index (χ0) is 22.3. The van der Waals surface area contributed by atoms with Gasteiger partial charge in [-0.25, -0.2) is 0 Å². The van der Waals surface area contributed by atoms with Crippen molar-refractivity contribution in [2.45, 2.75) is 6.54 Å². The molecule has 1 aliphatic rings. The number of aromatic nitrogens is 1. The van der Waals surface area contributed by atoms with Gasteiger partial charge >= 0.3 is 0 Å². The van der Waals surface area contributed by atoms with Crippen LogP contribution < -0.4 is 10.2 Å². The fourth-order valence-corrected chi connectivity index (χ4v) is 3.60. The summed E-state index contributed by atoms with van der Waals surface area (Å²) in [6.07, 6.45) is 0. The Morgan fingerprint density at radius 2 is 1.78 bits per heavy atom. The molecule has 0 aliphatic carbocycles. The Bertz CT molecular complexity index is 1060. The van der Waals surface area contributed by atoms with Crippen LogP contribution in [0.25, 0.3) is 11.3 Å². The van der Waals surface area contributed by atoms with Crippen molar-refractivity contribution in [1.29, 1.82) is 0 Å². The number of hydrogen-bond donors (Lipinski definition) is 1. The summed E-state index contributed by atoms with van der Waals surface area (Å²) in [6, 6.07) is 19.0. The van der Waals surface area contributed by atoms with Gasteiger partial charge in [0.1, 0.15) is 0 Å². The summed E-state index contributed by atoms with van der Waals surface area (Å²) in [5.74, 6) is -0.146. The number of hydrogen-bond acceptors (Lipinski definition) is 6. The van der Waals surface area contributed by atoms with Gasteiger partial charge in [-0.15, -0.1) is 0 Å². The lowest BCUT2D eigenvalue weighted by Crippen LogP contribution is -2.39. The highest BCUT2D eigenvalue weighted by Crippen LogP contribution is 2.23. The highest BCUT2D eigenvalue weighted by Gasteiger charge is 2.19. The smallest absolute Gasteiger partial charge is 0.273 e. The number of amides is 2. The van der Waals surface area contributed by atoms with Crippen molar-refractivity contribution in [2.75, 3.05) is 44.8 Å². The van der Waals surface area contributed by atoms with Gasteiger partial charge in [0.25, 0.3) is 5.91 Å². The van der Waals surface area contributed by atoms with Crippen molar-refractivity contribution >= 4 is 17.5 Å². The maximum absolute atomic E-state index is 12.6. The van der Waals surface area contributed by atoms with Crippen molar-refractivity contribution < 1.29 is 18.8 Å². The highest BCUT2D eigenvalue weighted by atomic mass is 16.5. The lowest BCUT2D eigenvalue weighted by atomic mass is 10.1. The van der Waals surface area contributed by atoms with Crippen LogP contribution in [0.2, 0.25) is 0 Å². The number of rotatable bonds is 7. The summed E-state index contributed by atoms with van der Waals surface area (Å²) in [5, 5.41) is 6.45. The number of para-hydroxylation sites is 1. The fraction of sp³-hybridized carbons (Fsp3) is 0.292. The number of anilines is 1. The second kappa shape index (κ2) is 10.1. The minimum atomic E-state index is -0.452. The van der Waals surface area contributed by atoms with Gasteiger partial charge in [-0.3, -0.25) is 9.59 Å². The summed E-state index contributed by atoms with van der Waals surface area (Å²) < 4.78 is 10.7. The first kappa shape index (κ1) is 21.6. The molecule has 2 aromatic carbocycles. The number of nitrogens with zero attached hydrogens (tertiary/aromatic N) is 3. The van der Waals surface area contributed by atoms with Gasteiger partial charge in [0.15, 0.2) is 11.5 Å². The first-order chi connectivity index (χ1) is 15.6. The van der Waals surface area contributed by atoms with Crippen LogP contribution in [0.1, 0.15) is 16.1 Å². The Hall–Kier alpha value is -3.65. The molecule has 32 heavy (non-hydrogen) atoms. The highest BCUT2D eigenvalue weighted by molar-refractivity contribution is 5.95. The second-order valence-corrected chi connectivity index (χ2v) is 7.60. The Balaban J connectivity index is 1.33. The summed E-state index contributed by atoms with van der Waals surface area (Å²) >= 11 is 0. The molecule has 1 fully saturated rings. The predicted octanol–water partition coefficient (Wildman–Crippen LogP) is 2.57. The van der Waals surface area contributed by atoms with E-state index in [1.54, 1.807) is 18.0 Å². The molecule has 2 amide bonds. The molecule has 8 heteroatoms. The Morgan fingerprint density at radius 3 is 2.56 bits per heavy atom. The molecule has 4 rings (SSSR count). The van der Waals surface area contributed by atoms with Gasteiger partial charge in [0.2, 0.25) is 5.91 Å². The van der Waals surface area contributed by atoms with Crippen LogP contribution in [-0.2, 0) is 16.1 Å². The molecule has 1 saturated heterocycles. The maximum Gasteiger partial charge on any atom is 0.273 e. The summed E-state index contributed by atoms with van der Waals surface area (Å²) in [7, 11) is 1.73. The zero-order valence-electron chi connectivity index (χ0n) is 18.0. The molecule has 0 atom stereocenters. The van der Waals surface area contributed by atoms with Crippen molar-refractivity contribution in [3.05, 3.63) is 71.9 Å². The van der Waals surface area contributed by atoms with Crippen molar-refractivity contribution in [3.8, 4) is 11.3 Å². The van der Waals surface area contributed by atoms with Crippen LogP contribution in [-0.4, -0.2) is 61.8 Å². The first-order valence-corrected chi connectivity index (χ1v) is 10.6. The molecule has 1 aromatic heterocycles. The van der Waals surface area contributed by atoms with E-state index >= 15 is 0 Å². The number of ether oxygens (including phenoxy) is 1. The number of carbonyl (C=O) groups is 2. The largest absolute Gasteiger partial charge is 0.378 e. The van der Waals surface area contributed by atoms with Crippen molar-refractivity contribution in [1.82, 2.24) is 15.4 Å². The van der Waals surface area contributed by atoms with Gasteiger partial charge in [-0.2, -0.15) is 0 Å². The topological polar surface area (TPSA) is 87.9 Å². The Kier molecular flexibility index (Phi) is 6.81. The zero-order valence-corrected chi connectivity index (χ0v) is 18.0. The average Bonchev–Trinajstić information content (AvgIpc) is 3.34. The quantitative estimate of drug-likeness (QED) is 0.615. The molecule has 8 nitrogen and oxygen atoms in total. The van der Waals surface area contributed by atoms with Crippen molar-refractivity contribution in [2.24, 2.45) is 0 Å². The van der Waals surface area contributed by atoms with E-state index in [0.29, 0.717) is 25.5 Å². The van der Waals surface area contributed by atoms with E-state index in [1.165, 1.54) is 0 Å². The molecular formula is C24H26N4O4. The number of benzene rings is 2. The summed E-state index contributed by atoms with van der Waals surface area (Å²) in [5.41, 5.74) is 3.13. The SMILES string of the molecule is CN(Cc1ccccc1N1CCOCC1)C(=O)CNC(=O)c1cc(-c2ccccc2)on1. The van der Waals surface area contributed by atoms with Gasteiger partial charge in [-0.05, 0) is 11.6 Å². The fourth-order valence-electron chi connectivity index (χ4n) is 3.60. The molecule has 166 valence electrons.